The van der Waals surface area contributed by atoms with E-state index in [2.05, 4.69) is 6.07 Å². The molecular weight excluding hydrogens is 326 g/mol. The summed E-state index contributed by atoms with van der Waals surface area (Å²) in [5.41, 5.74) is 4.36. The van der Waals surface area contributed by atoms with Crippen molar-refractivity contribution >= 4 is 5.91 Å². The normalized spacial score (nSPS) is 10.6. The van der Waals surface area contributed by atoms with Gasteiger partial charge in [-0.25, -0.2) is 0 Å². The molecular formula is C22H29NO3. The first kappa shape index (κ1) is 20.0. The average molecular weight is 355 g/mol. The van der Waals surface area contributed by atoms with E-state index in [0.717, 1.165) is 34.4 Å². The molecule has 0 aliphatic carbocycles. The van der Waals surface area contributed by atoms with Crippen molar-refractivity contribution in [3.63, 3.8) is 0 Å². The summed E-state index contributed by atoms with van der Waals surface area (Å²) in [5.74, 6) is 0.764. The maximum absolute atomic E-state index is 12.8. The standard InChI is InChI=1S/C22H29NO3/c1-17-11-12-18(2)22(19(17)3)26-16-21(25)23(13-7-8-14-24)15-20-9-5-4-6-10-20/h4-6,9-12,24H,7-8,13-16H2,1-3H3. The number of amides is 1. The van der Waals surface area contributed by atoms with Gasteiger partial charge in [0.1, 0.15) is 5.75 Å². The van der Waals surface area contributed by atoms with E-state index in [0.29, 0.717) is 19.5 Å². The summed E-state index contributed by atoms with van der Waals surface area (Å²) in [6, 6.07) is 14.0. The lowest BCUT2D eigenvalue weighted by atomic mass is 10.1. The van der Waals surface area contributed by atoms with Crippen LogP contribution in [0.1, 0.15) is 35.1 Å². The van der Waals surface area contributed by atoms with E-state index in [9.17, 15) is 4.79 Å². The highest BCUT2D eigenvalue weighted by molar-refractivity contribution is 5.78. The van der Waals surface area contributed by atoms with Gasteiger partial charge in [-0.05, 0) is 55.9 Å². The first-order valence-electron chi connectivity index (χ1n) is 9.15. The number of aryl methyl sites for hydroxylation is 2. The number of nitrogens with zero attached hydrogens (tertiary/aromatic N) is 1. The van der Waals surface area contributed by atoms with Crippen LogP contribution >= 0.6 is 0 Å². The Morgan fingerprint density at radius 3 is 2.38 bits per heavy atom. The van der Waals surface area contributed by atoms with Crippen LogP contribution in [0.4, 0.5) is 0 Å². The molecule has 26 heavy (non-hydrogen) atoms. The molecule has 0 bridgehead atoms. The Kier molecular flexibility index (Phi) is 7.67. The maximum atomic E-state index is 12.8. The number of ether oxygens (including phenoxy) is 1. The van der Waals surface area contributed by atoms with Crippen molar-refractivity contribution in [1.29, 1.82) is 0 Å². The predicted molar refractivity (Wildman–Crippen MR) is 104 cm³/mol. The predicted octanol–water partition coefficient (Wildman–Crippen LogP) is 3.79. The molecule has 0 atom stereocenters. The molecule has 0 unspecified atom stereocenters. The molecule has 0 saturated heterocycles. The highest BCUT2D eigenvalue weighted by atomic mass is 16.5. The van der Waals surface area contributed by atoms with Crippen LogP contribution < -0.4 is 4.74 Å². The Morgan fingerprint density at radius 1 is 1.00 bits per heavy atom. The van der Waals surface area contributed by atoms with Crippen LogP contribution in [0.2, 0.25) is 0 Å². The van der Waals surface area contributed by atoms with Crippen LogP contribution in [0, 0.1) is 20.8 Å². The monoisotopic (exact) mass is 355 g/mol. The average Bonchev–Trinajstić information content (AvgIpc) is 2.65. The summed E-state index contributed by atoms with van der Waals surface area (Å²) in [6.45, 7) is 7.40. The molecule has 0 aromatic heterocycles. The van der Waals surface area contributed by atoms with Gasteiger partial charge in [0.15, 0.2) is 6.61 Å². The minimum atomic E-state index is -0.0351. The third-order valence-corrected chi connectivity index (χ3v) is 4.62. The molecule has 0 saturated carbocycles. The Bertz CT molecular complexity index is 713. The fourth-order valence-corrected chi connectivity index (χ4v) is 2.88. The zero-order valence-corrected chi connectivity index (χ0v) is 16.0. The van der Waals surface area contributed by atoms with Crippen molar-refractivity contribution in [1.82, 2.24) is 4.90 Å². The van der Waals surface area contributed by atoms with E-state index in [4.69, 9.17) is 9.84 Å². The number of rotatable bonds is 9. The van der Waals surface area contributed by atoms with E-state index >= 15 is 0 Å². The van der Waals surface area contributed by atoms with E-state index in [-0.39, 0.29) is 19.1 Å². The molecule has 0 radical (unpaired) electrons. The molecule has 1 N–H and O–H groups in total. The van der Waals surface area contributed by atoms with Crippen molar-refractivity contribution in [2.45, 2.75) is 40.2 Å². The Hall–Kier alpha value is -2.33. The van der Waals surface area contributed by atoms with Crippen LogP contribution in [-0.4, -0.2) is 35.7 Å². The zero-order chi connectivity index (χ0) is 18.9. The molecule has 2 rings (SSSR count). The second-order valence-electron chi connectivity index (χ2n) is 6.67. The molecule has 4 heteroatoms. The first-order chi connectivity index (χ1) is 12.5. The Morgan fingerprint density at radius 2 is 1.69 bits per heavy atom. The lowest BCUT2D eigenvalue weighted by Gasteiger charge is -2.23. The molecule has 0 aliphatic heterocycles. The quantitative estimate of drug-likeness (QED) is 0.696. The van der Waals surface area contributed by atoms with Crippen molar-refractivity contribution in [3.05, 3.63) is 64.7 Å². The van der Waals surface area contributed by atoms with Gasteiger partial charge in [-0.2, -0.15) is 0 Å². The van der Waals surface area contributed by atoms with E-state index in [1.807, 2.05) is 62.1 Å². The van der Waals surface area contributed by atoms with Gasteiger partial charge in [0.25, 0.3) is 5.91 Å². The highest BCUT2D eigenvalue weighted by Gasteiger charge is 2.16. The second kappa shape index (κ2) is 9.97. The number of carbonyl (C=O) groups excluding carboxylic acids is 1. The molecule has 140 valence electrons. The molecule has 1 amide bonds. The third-order valence-electron chi connectivity index (χ3n) is 4.62. The lowest BCUT2D eigenvalue weighted by Crippen LogP contribution is -2.35. The van der Waals surface area contributed by atoms with Gasteiger partial charge in [0.2, 0.25) is 0 Å². The van der Waals surface area contributed by atoms with Crippen LogP contribution in [0.5, 0.6) is 5.75 Å². The number of carbonyl (C=O) groups is 1. The largest absolute Gasteiger partial charge is 0.483 e. The summed E-state index contributed by atoms with van der Waals surface area (Å²) in [5, 5.41) is 9.02. The number of aliphatic hydroxyl groups is 1. The van der Waals surface area contributed by atoms with Crippen molar-refractivity contribution in [2.75, 3.05) is 19.8 Å². The fraction of sp³-hybridized carbons (Fsp3) is 0.409. The lowest BCUT2D eigenvalue weighted by molar-refractivity contribution is -0.134. The molecule has 0 spiro atoms. The maximum Gasteiger partial charge on any atom is 0.260 e. The van der Waals surface area contributed by atoms with E-state index in [1.54, 1.807) is 0 Å². The second-order valence-corrected chi connectivity index (χ2v) is 6.67. The summed E-state index contributed by atoms with van der Waals surface area (Å²) in [4.78, 5) is 14.6. The van der Waals surface area contributed by atoms with Crippen LogP contribution in [0.3, 0.4) is 0 Å². The molecule has 4 nitrogen and oxygen atoms in total. The van der Waals surface area contributed by atoms with E-state index < -0.39 is 0 Å². The van der Waals surface area contributed by atoms with Crippen molar-refractivity contribution in [2.24, 2.45) is 0 Å². The molecule has 2 aromatic rings. The van der Waals surface area contributed by atoms with Crippen molar-refractivity contribution < 1.29 is 14.6 Å². The van der Waals surface area contributed by atoms with Crippen LogP contribution in [0.25, 0.3) is 0 Å². The van der Waals surface area contributed by atoms with Gasteiger partial charge in [-0.3, -0.25) is 4.79 Å². The van der Waals surface area contributed by atoms with Gasteiger partial charge in [-0.15, -0.1) is 0 Å². The summed E-state index contributed by atoms with van der Waals surface area (Å²) in [7, 11) is 0. The SMILES string of the molecule is Cc1ccc(C)c(OCC(=O)N(CCCCO)Cc2ccccc2)c1C. The fourth-order valence-electron chi connectivity index (χ4n) is 2.88. The zero-order valence-electron chi connectivity index (χ0n) is 16.0. The highest BCUT2D eigenvalue weighted by Crippen LogP contribution is 2.25. The van der Waals surface area contributed by atoms with Gasteiger partial charge in [-0.1, -0.05) is 42.5 Å². The number of hydrogen-bond donors (Lipinski definition) is 1. The third kappa shape index (κ3) is 5.60. The van der Waals surface area contributed by atoms with Crippen molar-refractivity contribution in [3.8, 4) is 5.75 Å². The first-order valence-corrected chi connectivity index (χ1v) is 9.15. The number of aliphatic hydroxyl groups excluding tert-OH is 1. The van der Waals surface area contributed by atoms with Gasteiger partial charge in [0.05, 0.1) is 0 Å². The number of benzene rings is 2. The van der Waals surface area contributed by atoms with Gasteiger partial charge < -0.3 is 14.7 Å². The Balaban J connectivity index is 2.04. The van der Waals surface area contributed by atoms with Gasteiger partial charge >= 0.3 is 0 Å². The molecule has 0 fully saturated rings. The molecule has 0 heterocycles. The minimum Gasteiger partial charge on any atom is -0.483 e. The molecule has 2 aromatic carbocycles. The molecule has 0 aliphatic rings. The summed E-state index contributed by atoms with van der Waals surface area (Å²) >= 11 is 0. The minimum absolute atomic E-state index is 0.0249. The van der Waals surface area contributed by atoms with Crippen LogP contribution in [-0.2, 0) is 11.3 Å². The van der Waals surface area contributed by atoms with E-state index in [1.165, 1.54) is 0 Å². The topological polar surface area (TPSA) is 49.8 Å². The number of unbranched alkanes of at least 4 members (excludes halogenated alkanes) is 1. The van der Waals surface area contributed by atoms with Gasteiger partial charge in [0, 0.05) is 19.7 Å². The smallest absolute Gasteiger partial charge is 0.260 e. The summed E-state index contributed by atoms with van der Waals surface area (Å²) in [6.07, 6.45) is 1.47. The Labute approximate surface area is 156 Å². The summed E-state index contributed by atoms with van der Waals surface area (Å²) < 4.78 is 5.89. The number of hydrogen-bond acceptors (Lipinski definition) is 3. The van der Waals surface area contributed by atoms with Crippen LogP contribution in [0.15, 0.2) is 42.5 Å².